The summed E-state index contributed by atoms with van der Waals surface area (Å²) in [6.45, 7) is 8.32. The Labute approximate surface area is 249 Å². The number of nitriles is 1. The van der Waals surface area contributed by atoms with Gasteiger partial charge in [-0.25, -0.2) is 4.79 Å². The summed E-state index contributed by atoms with van der Waals surface area (Å²) < 4.78 is 11.4. The van der Waals surface area contributed by atoms with Crippen LogP contribution in [0.5, 0.6) is 5.75 Å². The lowest BCUT2D eigenvalue weighted by Gasteiger charge is -2.36. The van der Waals surface area contributed by atoms with E-state index in [1.165, 1.54) is 48.4 Å². The van der Waals surface area contributed by atoms with Gasteiger partial charge in [0.15, 0.2) is 0 Å². The number of hydrogen-bond acceptors (Lipinski definition) is 4. The maximum atomic E-state index is 11.1. The van der Waals surface area contributed by atoms with Crippen molar-refractivity contribution in [3.8, 4) is 22.9 Å². The lowest BCUT2D eigenvalue weighted by Crippen LogP contribution is -2.26. The lowest BCUT2D eigenvalue weighted by molar-refractivity contribution is -0.137. The van der Waals surface area contributed by atoms with Gasteiger partial charge in [0.25, 0.3) is 0 Å². The Morgan fingerprint density at radius 1 is 0.976 bits per heavy atom. The van der Waals surface area contributed by atoms with Crippen LogP contribution in [0.2, 0.25) is 0 Å². The summed E-state index contributed by atoms with van der Waals surface area (Å²) in [4.78, 5) is 11.1. The maximum absolute atomic E-state index is 11.1. The second-order valence-electron chi connectivity index (χ2n) is 11.9. The summed E-state index contributed by atoms with van der Waals surface area (Å²) in [6, 6.07) is 20.3. The molecular formula is C37H51NO3. The highest BCUT2D eigenvalue weighted by molar-refractivity contribution is 5.81. The third-order valence-electron chi connectivity index (χ3n) is 8.66. The highest BCUT2D eigenvalue weighted by atomic mass is 16.5. The van der Waals surface area contributed by atoms with Gasteiger partial charge in [-0.05, 0) is 86.1 Å². The van der Waals surface area contributed by atoms with Crippen molar-refractivity contribution >= 4 is 5.97 Å². The Morgan fingerprint density at radius 3 is 2.34 bits per heavy atom. The molecule has 2 aromatic rings. The summed E-state index contributed by atoms with van der Waals surface area (Å²) in [5.41, 5.74) is 3.66. The zero-order chi connectivity index (χ0) is 29.3. The molecule has 0 N–H and O–H groups in total. The van der Waals surface area contributed by atoms with Crippen molar-refractivity contribution in [3.05, 3.63) is 66.7 Å². The van der Waals surface area contributed by atoms with E-state index in [4.69, 9.17) is 9.47 Å². The topological polar surface area (TPSA) is 59.3 Å². The molecule has 1 fully saturated rings. The van der Waals surface area contributed by atoms with Crippen LogP contribution in [-0.4, -0.2) is 18.7 Å². The van der Waals surface area contributed by atoms with Gasteiger partial charge in [-0.15, -0.1) is 0 Å². The Bertz CT molecular complexity index is 1080. The maximum Gasteiger partial charge on any atom is 0.330 e. The van der Waals surface area contributed by atoms with Gasteiger partial charge in [0.2, 0.25) is 0 Å². The highest BCUT2D eigenvalue weighted by Gasteiger charge is 2.36. The third kappa shape index (κ3) is 10.7. The molecule has 3 rings (SSSR count). The molecule has 4 nitrogen and oxygen atoms in total. The first kappa shape index (κ1) is 32.5. The molecular weight excluding hydrogens is 506 g/mol. The molecule has 0 aromatic heterocycles. The zero-order valence-electron chi connectivity index (χ0n) is 25.5. The van der Waals surface area contributed by atoms with Crippen LogP contribution < -0.4 is 4.74 Å². The van der Waals surface area contributed by atoms with E-state index >= 15 is 0 Å². The molecule has 2 aromatic carbocycles. The number of rotatable bonds is 18. The van der Waals surface area contributed by atoms with Gasteiger partial charge in [-0.3, -0.25) is 0 Å². The molecule has 0 saturated heterocycles. The first-order valence-corrected chi connectivity index (χ1v) is 16.1. The predicted octanol–water partition coefficient (Wildman–Crippen LogP) is 10.3. The van der Waals surface area contributed by atoms with E-state index in [1.807, 2.05) is 0 Å². The second-order valence-corrected chi connectivity index (χ2v) is 11.9. The second kappa shape index (κ2) is 17.7. The molecule has 3 atom stereocenters. The largest absolute Gasteiger partial charge is 0.490 e. The third-order valence-corrected chi connectivity index (χ3v) is 8.66. The minimum atomic E-state index is -0.343. The van der Waals surface area contributed by atoms with Gasteiger partial charge >= 0.3 is 5.97 Å². The number of nitrogens with zero attached hydrogens (tertiary/aromatic N) is 1. The van der Waals surface area contributed by atoms with Crippen LogP contribution >= 0.6 is 0 Å². The van der Waals surface area contributed by atoms with E-state index < -0.39 is 0 Å². The van der Waals surface area contributed by atoms with Crippen molar-refractivity contribution in [3.63, 3.8) is 0 Å². The average Bonchev–Trinajstić information content (AvgIpc) is 3.01. The van der Waals surface area contributed by atoms with Gasteiger partial charge in [0.1, 0.15) is 5.75 Å². The van der Waals surface area contributed by atoms with Crippen LogP contribution in [0.25, 0.3) is 11.1 Å². The number of benzene rings is 2. The molecule has 1 aliphatic carbocycles. The summed E-state index contributed by atoms with van der Waals surface area (Å²) in [5.74, 6) is 1.07. The van der Waals surface area contributed by atoms with Gasteiger partial charge in [0, 0.05) is 6.08 Å². The fraction of sp³-hybridized carbons (Fsp3) is 0.568. The summed E-state index contributed by atoms with van der Waals surface area (Å²) in [6.07, 6.45) is 17.8. The Morgan fingerprint density at radius 2 is 1.68 bits per heavy atom. The van der Waals surface area contributed by atoms with Crippen molar-refractivity contribution in [2.75, 3.05) is 6.61 Å². The molecule has 0 spiro atoms. The van der Waals surface area contributed by atoms with Crippen molar-refractivity contribution in [2.45, 2.75) is 122 Å². The molecule has 0 heterocycles. The number of ether oxygens (including phenoxy) is 2. The smallest absolute Gasteiger partial charge is 0.330 e. The fourth-order valence-electron chi connectivity index (χ4n) is 6.25. The SMILES string of the molecule is C=CC(=O)OCCCCCCC(CCC)Oc1ccc(-c2ccc(C3CCCC(C#N)(CCCCC)C3)cc2)cc1. The molecule has 41 heavy (non-hydrogen) atoms. The standard InChI is InChI=1S/C37H51NO3/c1-4-7-11-25-37(29-38)26-13-15-33(28-37)32-19-17-30(18-20-32)31-21-23-35(24-22-31)41-34(14-5-2)16-10-8-9-12-27-40-36(39)6-3/h6,17-24,33-34H,3-5,7-16,25-28H2,1-2H3. The first-order valence-electron chi connectivity index (χ1n) is 16.1. The number of unbranched alkanes of at least 4 members (excludes halogenated alkanes) is 5. The van der Waals surface area contributed by atoms with E-state index in [0.29, 0.717) is 12.5 Å². The van der Waals surface area contributed by atoms with Gasteiger partial charge in [0.05, 0.1) is 24.2 Å². The molecule has 0 radical (unpaired) electrons. The molecule has 1 aliphatic rings. The van der Waals surface area contributed by atoms with Crippen LogP contribution in [0.1, 0.15) is 122 Å². The van der Waals surface area contributed by atoms with Crippen LogP contribution in [0.4, 0.5) is 0 Å². The van der Waals surface area contributed by atoms with Gasteiger partial charge in [-0.1, -0.05) is 102 Å². The summed E-state index contributed by atoms with van der Waals surface area (Å²) in [7, 11) is 0. The van der Waals surface area contributed by atoms with Crippen molar-refractivity contribution < 1.29 is 14.3 Å². The van der Waals surface area contributed by atoms with Gasteiger partial charge in [-0.2, -0.15) is 5.26 Å². The predicted molar refractivity (Wildman–Crippen MR) is 169 cm³/mol. The van der Waals surface area contributed by atoms with E-state index in [-0.39, 0.29) is 17.5 Å². The van der Waals surface area contributed by atoms with Gasteiger partial charge < -0.3 is 9.47 Å². The molecule has 1 saturated carbocycles. The van der Waals surface area contributed by atoms with Crippen LogP contribution in [0.15, 0.2) is 61.2 Å². The van der Waals surface area contributed by atoms with Crippen LogP contribution in [-0.2, 0) is 9.53 Å². The Hall–Kier alpha value is -3.06. The van der Waals surface area contributed by atoms with Crippen molar-refractivity contribution in [1.82, 2.24) is 0 Å². The Kier molecular flexibility index (Phi) is 14.0. The van der Waals surface area contributed by atoms with E-state index in [1.54, 1.807) is 0 Å². The average molecular weight is 558 g/mol. The molecule has 222 valence electrons. The number of hydrogen-bond donors (Lipinski definition) is 0. The number of carbonyl (C=O) groups is 1. The van der Waals surface area contributed by atoms with Crippen molar-refractivity contribution in [1.29, 1.82) is 5.26 Å². The summed E-state index contributed by atoms with van der Waals surface area (Å²) in [5, 5.41) is 10.0. The first-order chi connectivity index (χ1) is 20.0. The molecule has 0 aliphatic heterocycles. The lowest BCUT2D eigenvalue weighted by atomic mass is 9.66. The normalized spacial score (nSPS) is 19.2. The van der Waals surface area contributed by atoms with Crippen LogP contribution in [0, 0.1) is 16.7 Å². The Balaban J connectivity index is 1.49. The molecule has 3 unspecified atom stereocenters. The highest BCUT2D eigenvalue weighted by Crippen LogP contribution is 2.46. The van der Waals surface area contributed by atoms with Crippen molar-refractivity contribution in [2.24, 2.45) is 5.41 Å². The minimum absolute atomic E-state index is 0.135. The summed E-state index contributed by atoms with van der Waals surface area (Å²) >= 11 is 0. The molecule has 4 heteroatoms. The van der Waals surface area contributed by atoms with Crippen LogP contribution in [0.3, 0.4) is 0 Å². The van der Waals surface area contributed by atoms with E-state index in [0.717, 1.165) is 76.4 Å². The monoisotopic (exact) mass is 557 g/mol. The fourth-order valence-corrected chi connectivity index (χ4v) is 6.25. The minimum Gasteiger partial charge on any atom is -0.490 e. The number of carbonyl (C=O) groups excluding carboxylic acids is 1. The zero-order valence-corrected chi connectivity index (χ0v) is 25.5. The molecule has 0 amide bonds. The number of esters is 1. The quantitative estimate of drug-likeness (QED) is 0.104. The molecule has 0 bridgehead atoms. The van der Waals surface area contributed by atoms with E-state index in [2.05, 4.69) is 75.0 Å². The van der Waals surface area contributed by atoms with E-state index in [9.17, 15) is 10.1 Å².